The zero-order chi connectivity index (χ0) is 21.7. The van der Waals surface area contributed by atoms with E-state index in [-0.39, 0.29) is 23.3 Å². The number of carbonyl (C=O) groups excluding carboxylic acids is 3. The molecule has 0 radical (unpaired) electrons. The Kier molecular flexibility index (Phi) is 6.26. The fourth-order valence-electron chi connectivity index (χ4n) is 2.70. The lowest BCUT2D eigenvalue weighted by molar-refractivity contribution is -0.124. The van der Waals surface area contributed by atoms with Crippen molar-refractivity contribution in [2.75, 3.05) is 13.7 Å². The SMILES string of the molecule is COC(=O)c1ccc(CNC(=O)COC(=O)c2cc(=O)c3cc(C)ccc3o2)cc1. The van der Waals surface area contributed by atoms with E-state index >= 15 is 0 Å². The zero-order valence-electron chi connectivity index (χ0n) is 16.4. The quantitative estimate of drug-likeness (QED) is 0.622. The first-order valence-corrected chi connectivity index (χ1v) is 9.03. The number of ether oxygens (including phenoxy) is 2. The van der Waals surface area contributed by atoms with Crippen LogP contribution in [0.4, 0.5) is 0 Å². The number of carbonyl (C=O) groups is 3. The van der Waals surface area contributed by atoms with Crippen molar-refractivity contribution in [1.29, 1.82) is 0 Å². The molecule has 0 aliphatic heterocycles. The van der Waals surface area contributed by atoms with Crippen molar-refractivity contribution in [3.05, 3.63) is 81.2 Å². The molecule has 0 saturated carbocycles. The van der Waals surface area contributed by atoms with E-state index in [0.29, 0.717) is 10.9 Å². The molecule has 8 nitrogen and oxygen atoms in total. The summed E-state index contributed by atoms with van der Waals surface area (Å²) < 4.78 is 15.0. The maximum absolute atomic E-state index is 12.2. The molecular formula is C22H19NO7. The Hall–Kier alpha value is -3.94. The van der Waals surface area contributed by atoms with Gasteiger partial charge >= 0.3 is 11.9 Å². The minimum atomic E-state index is -0.910. The number of fused-ring (bicyclic) bond motifs is 1. The van der Waals surface area contributed by atoms with Crippen LogP contribution in [-0.2, 0) is 20.8 Å². The molecule has 1 heterocycles. The lowest BCUT2D eigenvalue weighted by atomic mass is 10.1. The number of amides is 1. The van der Waals surface area contributed by atoms with E-state index in [9.17, 15) is 19.2 Å². The molecule has 0 unspecified atom stereocenters. The summed E-state index contributed by atoms with van der Waals surface area (Å²) >= 11 is 0. The summed E-state index contributed by atoms with van der Waals surface area (Å²) in [6, 6.07) is 12.6. The van der Waals surface area contributed by atoms with Gasteiger partial charge in [0.2, 0.25) is 5.76 Å². The van der Waals surface area contributed by atoms with Crippen LogP contribution in [0.3, 0.4) is 0 Å². The Morgan fingerprint density at radius 2 is 1.73 bits per heavy atom. The molecule has 0 bridgehead atoms. The topological polar surface area (TPSA) is 112 Å². The Morgan fingerprint density at radius 1 is 1.00 bits per heavy atom. The first kappa shape index (κ1) is 20.8. The Labute approximate surface area is 171 Å². The van der Waals surface area contributed by atoms with Crippen molar-refractivity contribution in [3.63, 3.8) is 0 Å². The smallest absolute Gasteiger partial charge is 0.374 e. The maximum atomic E-state index is 12.2. The van der Waals surface area contributed by atoms with Crippen LogP contribution in [0.2, 0.25) is 0 Å². The van der Waals surface area contributed by atoms with Gasteiger partial charge < -0.3 is 19.2 Å². The predicted molar refractivity (Wildman–Crippen MR) is 107 cm³/mol. The normalized spacial score (nSPS) is 10.5. The Bertz CT molecular complexity index is 1160. The van der Waals surface area contributed by atoms with E-state index in [1.165, 1.54) is 7.11 Å². The summed E-state index contributed by atoms with van der Waals surface area (Å²) in [5.74, 6) is -2.16. The lowest BCUT2D eigenvalue weighted by Gasteiger charge is -2.07. The number of esters is 2. The van der Waals surface area contributed by atoms with Crippen LogP contribution in [0.25, 0.3) is 11.0 Å². The molecule has 154 valence electrons. The number of hydrogen-bond donors (Lipinski definition) is 1. The molecule has 0 atom stereocenters. The molecule has 0 aliphatic carbocycles. The van der Waals surface area contributed by atoms with Gasteiger partial charge in [-0.1, -0.05) is 23.8 Å². The number of rotatable bonds is 6. The minimum Gasteiger partial charge on any atom is -0.465 e. The predicted octanol–water partition coefficient (Wildman–Crippen LogP) is 2.36. The van der Waals surface area contributed by atoms with Gasteiger partial charge in [0.1, 0.15) is 5.58 Å². The van der Waals surface area contributed by atoms with Crippen molar-refractivity contribution in [1.82, 2.24) is 5.32 Å². The van der Waals surface area contributed by atoms with Crippen LogP contribution in [-0.4, -0.2) is 31.6 Å². The summed E-state index contributed by atoms with van der Waals surface area (Å²) in [6.07, 6.45) is 0. The number of nitrogens with one attached hydrogen (secondary N) is 1. The highest BCUT2D eigenvalue weighted by Crippen LogP contribution is 2.14. The number of hydrogen-bond acceptors (Lipinski definition) is 7. The van der Waals surface area contributed by atoms with E-state index in [2.05, 4.69) is 10.1 Å². The zero-order valence-corrected chi connectivity index (χ0v) is 16.4. The molecule has 30 heavy (non-hydrogen) atoms. The summed E-state index contributed by atoms with van der Waals surface area (Å²) in [5, 5.41) is 2.95. The van der Waals surface area contributed by atoms with Gasteiger partial charge in [0, 0.05) is 12.6 Å². The highest BCUT2D eigenvalue weighted by atomic mass is 16.5. The monoisotopic (exact) mass is 409 g/mol. The molecule has 1 amide bonds. The average Bonchev–Trinajstić information content (AvgIpc) is 2.76. The molecule has 0 spiro atoms. The fourth-order valence-corrected chi connectivity index (χ4v) is 2.70. The third-order valence-corrected chi connectivity index (χ3v) is 4.28. The highest BCUT2D eigenvalue weighted by Gasteiger charge is 2.15. The number of methoxy groups -OCH3 is 1. The Morgan fingerprint density at radius 3 is 2.43 bits per heavy atom. The number of benzene rings is 2. The fraction of sp³-hybridized carbons (Fsp3) is 0.182. The first-order chi connectivity index (χ1) is 14.4. The van der Waals surface area contributed by atoms with Crippen LogP contribution >= 0.6 is 0 Å². The third kappa shape index (κ3) is 4.91. The van der Waals surface area contributed by atoms with Crippen molar-refractivity contribution < 1.29 is 28.3 Å². The van der Waals surface area contributed by atoms with Crippen LogP contribution in [0.15, 0.2) is 57.7 Å². The van der Waals surface area contributed by atoms with Crippen LogP contribution in [0.5, 0.6) is 0 Å². The van der Waals surface area contributed by atoms with Crippen molar-refractivity contribution >= 4 is 28.8 Å². The lowest BCUT2D eigenvalue weighted by Crippen LogP contribution is -2.28. The van der Waals surface area contributed by atoms with Crippen molar-refractivity contribution in [2.45, 2.75) is 13.5 Å². The summed E-state index contributed by atoms with van der Waals surface area (Å²) in [4.78, 5) is 47.6. The summed E-state index contributed by atoms with van der Waals surface area (Å²) in [6.45, 7) is 1.49. The average molecular weight is 409 g/mol. The van der Waals surface area contributed by atoms with Gasteiger partial charge in [0.15, 0.2) is 12.0 Å². The minimum absolute atomic E-state index is 0.183. The largest absolute Gasteiger partial charge is 0.465 e. The molecule has 0 saturated heterocycles. The molecule has 0 aliphatic rings. The summed E-state index contributed by atoms with van der Waals surface area (Å²) in [7, 11) is 1.29. The second kappa shape index (κ2) is 9.04. The molecule has 0 fully saturated rings. The van der Waals surface area contributed by atoms with Crippen molar-refractivity contribution in [3.8, 4) is 0 Å². The van der Waals surface area contributed by atoms with Gasteiger partial charge in [-0.3, -0.25) is 9.59 Å². The van der Waals surface area contributed by atoms with E-state index in [1.807, 2.05) is 6.92 Å². The maximum Gasteiger partial charge on any atom is 0.374 e. The van der Waals surface area contributed by atoms with Gasteiger partial charge in [-0.25, -0.2) is 9.59 Å². The van der Waals surface area contributed by atoms with E-state index in [1.54, 1.807) is 42.5 Å². The van der Waals surface area contributed by atoms with E-state index in [4.69, 9.17) is 9.15 Å². The van der Waals surface area contributed by atoms with Crippen LogP contribution in [0.1, 0.15) is 32.0 Å². The first-order valence-electron chi connectivity index (χ1n) is 9.03. The van der Waals surface area contributed by atoms with Gasteiger partial charge in [0.05, 0.1) is 18.1 Å². The Balaban J connectivity index is 1.55. The van der Waals surface area contributed by atoms with E-state index < -0.39 is 24.5 Å². The number of aryl methyl sites for hydroxylation is 1. The molecule has 1 aromatic heterocycles. The molecule has 3 rings (SSSR count). The van der Waals surface area contributed by atoms with Gasteiger partial charge in [-0.05, 0) is 36.8 Å². The van der Waals surface area contributed by atoms with Gasteiger partial charge in [0.25, 0.3) is 5.91 Å². The molecule has 2 aromatic carbocycles. The molecule has 1 N–H and O–H groups in total. The second-order valence-electron chi connectivity index (χ2n) is 6.52. The highest BCUT2D eigenvalue weighted by molar-refractivity contribution is 5.91. The van der Waals surface area contributed by atoms with Crippen LogP contribution in [0, 0.1) is 6.92 Å². The van der Waals surface area contributed by atoms with Gasteiger partial charge in [-0.2, -0.15) is 0 Å². The van der Waals surface area contributed by atoms with E-state index in [0.717, 1.165) is 17.2 Å². The third-order valence-electron chi connectivity index (χ3n) is 4.28. The molecular weight excluding hydrogens is 390 g/mol. The van der Waals surface area contributed by atoms with Crippen molar-refractivity contribution in [2.24, 2.45) is 0 Å². The van der Waals surface area contributed by atoms with Gasteiger partial charge in [-0.15, -0.1) is 0 Å². The standard InChI is InChI=1S/C22H19NO7/c1-13-3-8-18-16(9-13)17(24)10-19(30-18)22(27)29-12-20(25)23-11-14-4-6-15(7-5-14)21(26)28-2/h3-10H,11-12H2,1-2H3,(H,23,25). The summed E-state index contributed by atoms with van der Waals surface area (Å²) in [5.41, 5.74) is 1.93. The molecule has 8 heteroatoms. The second-order valence-corrected chi connectivity index (χ2v) is 6.52. The molecule has 3 aromatic rings. The van der Waals surface area contributed by atoms with Crippen LogP contribution < -0.4 is 10.7 Å².